The van der Waals surface area contributed by atoms with Crippen LogP contribution in [0.4, 0.5) is 11.6 Å². The van der Waals surface area contributed by atoms with Crippen LogP contribution in [0.3, 0.4) is 0 Å². The molecule has 0 radical (unpaired) electrons. The van der Waals surface area contributed by atoms with Gasteiger partial charge in [-0.2, -0.15) is 0 Å². The number of aliphatic hydroxyl groups excluding tert-OH is 1. The Morgan fingerprint density at radius 1 is 0.952 bits per heavy atom. The molecule has 1 atom stereocenters. The highest BCUT2D eigenvalue weighted by Crippen LogP contribution is 2.21. The average Bonchev–Trinajstić information content (AvgIpc) is 2.56. The molecule has 1 saturated heterocycles. The molecule has 110 valence electrons. The molecule has 2 aromatic rings. The smallest absolute Gasteiger partial charge is 0.225 e. The van der Waals surface area contributed by atoms with Crippen LogP contribution in [-0.2, 0) is 0 Å². The highest BCUT2D eigenvalue weighted by atomic mass is 16.3. The summed E-state index contributed by atoms with van der Waals surface area (Å²) in [6.07, 6.45) is 3.15. The van der Waals surface area contributed by atoms with E-state index in [1.165, 1.54) is 5.69 Å². The molecular weight excluding hydrogens is 264 g/mol. The number of hydrogen-bond acceptors (Lipinski definition) is 5. The number of piperazine rings is 1. The SMILES string of the molecule is C[C@@H](O)c1ccc(N2CCN(c3ncccn3)CC2)cc1. The summed E-state index contributed by atoms with van der Waals surface area (Å²) >= 11 is 0. The van der Waals surface area contributed by atoms with E-state index in [1.807, 2.05) is 18.2 Å². The number of benzene rings is 1. The van der Waals surface area contributed by atoms with Crippen LogP contribution in [-0.4, -0.2) is 41.3 Å². The summed E-state index contributed by atoms with van der Waals surface area (Å²) in [4.78, 5) is 13.2. The Labute approximate surface area is 124 Å². The molecule has 0 bridgehead atoms. The molecule has 1 aliphatic heterocycles. The molecule has 5 heteroatoms. The molecule has 3 rings (SSSR count). The van der Waals surface area contributed by atoms with Crippen LogP contribution in [0, 0.1) is 0 Å². The molecule has 1 aliphatic rings. The van der Waals surface area contributed by atoms with E-state index in [-0.39, 0.29) is 0 Å². The van der Waals surface area contributed by atoms with E-state index in [4.69, 9.17) is 0 Å². The zero-order valence-electron chi connectivity index (χ0n) is 12.2. The van der Waals surface area contributed by atoms with E-state index in [9.17, 15) is 5.11 Å². The van der Waals surface area contributed by atoms with Crippen molar-refractivity contribution >= 4 is 11.6 Å². The lowest BCUT2D eigenvalue weighted by atomic mass is 10.1. The molecule has 2 heterocycles. The second-order valence-electron chi connectivity index (χ2n) is 5.29. The van der Waals surface area contributed by atoms with Gasteiger partial charge in [0.25, 0.3) is 0 Å². The minimum atomic E-state index is -0.411. The monoisotopic (exact) mass is 284 g/mol. The molecule has 1 aromatic carbocycles. The lowest BCUT2D eigenvalue weighted by Crippen LogP contribution is -2.47. The van der Waals surface area contributed by atoms with E-state index in [2.05, 4.69) is 31.9 Å². The molecule has 0 spiro atoms. The van der Waals surface area contributed by atoms with Crippen molar-refractivity contribution in [1.29, 1.82) is 0 Å². The maximum Gasteiger partial charge on any atom is 0.225 e. The van der Waals surface area contributed by atoms with Crippen LogP contribution in [0.2, 0.25) is 0 Å². The minimum absolute atomic E-state index is 0.411. The normalized spacial score (nSPS) is 16.9. The van der Waals surface area contributed by atoms with Crippen molar-refractivity contribution in [2.45, 2.75) is 13.0 Å². The van der Waals surface area contributed by atoms with Crippen molar-refractivity contribution in [3.8, 4) is 0 Å². The Morgan fingerprint density at radius 2 is 1.52 bits per heavy atom. The third-order valence-electron chi connectivity index (χ3n) is 3.86. The van der Waals surface area contributed by atoms with Crippen LogP contribution >= 0.6 is 0 Å². The molecule has 0 aliphatic carbocycles. The van der Waals surface area contributed by atoms with Crippen molar-refractivity contribution < 1.29 is 5.11 Å². The fraction of sp³-hybridized carbons (Fsp3) is 0.375. The lowest BCUT2D eigenvalue weighted by Gasteiger charge is -2.36. The predicted molar refractivity (Wildman–Crippen MR) is 83.5 cm³/mol. The second-order valence-corrected chi connectivity index (χ2v) is 5.29. The van der Waals surface area contributed by atoms with Gasteiger partial charge >= 0.3 is 0 Å². The minimum Gasteiger partial charge on any atom is -0.389 e. The Bertz CT molecular complexity index is 563. The highest BCUT2D eigenvalue weighted by Gasteiger charge is 2.18. The van der Waals surface area contributed by atoms with Gasteiger partial charge in [-0.15, -0.1) is 0 Å². The van der Waals surface area contributed by atoms with Crippen molar-refractivity contribution in [2.75, 3.05) is 36.0 Å². The fourth-order valence-corrected chi connectivity index (χ4v) is 2.58. The molecule has 1 fully saturated rings. The zero-order valence-corrected chi connectivity index (χ0v) is 12.2. The summed E-state index contributed by atoms with van der Waals surface area (Å²) in [6, 6.07) is 9.98. The molecule has 5 nitrogen and oxygen atoms in total. The van der Waals surface area contributed by atoms with Crippen LogP contribution in [0.15, 0.2) is 42.7 Å². The summed E-state index contributed by atoms with van der Waals surface area (Å²) in [5, 5.41) is 9.55. The van der Waals surface area contributed by atoms with Gasteiger partial charge < -0.3 is 14.9 Å². The second kappa shape index (κ2) is 6.10. The molecular formula is C16H20N4O. The molecule has 0 saturated carbocycles. The van der Waals surface area contributed by atoms with Gasteiger partial charge in [0.15, 0.2) is 0 Å². The molecule has 0 amide bonds. The summed E-state index contributed by atoms with van der Waals surface area (Å²) in [6.45, 7) is 5.52. The lowest BCUT2D eigenvalue weighted by molar-refractivity contribution is 0.199. The van der Waals surface area contributed by atoms with Crippen LogP contribution in [0.1, 0.15) is 18.6 Å². The first-order chi connectivity index (χ1) is 10.2. The number of aromatic nitrogens is 2. The van der Waals surface area contributed by atoms with Gasteiger partial charge in [0, 0.05) is 44.3 Å². The Hall–Kier alpha value is -2.14. The number of anilines is 2. The third-order valence-corrected chi connectivity index (χ3v) is 3.86. The Morgan fingerprint density at radius 3 is 2.10 bits per heavy atom. The Balaban J connectivity index is 1.63. The van der Waals surface area contributed by atoms with E-state index in [0.29, 0.717) is 0 Å². The quantitative estimate of drug-likeness (QED) is 0.932. The van der Waals surface area contributed by atoms with E-state index < -0.39 is 6.10 Å². The number of aliphatic hydroxyl groups is 1. The third kappa shape index (κ3) is 3.13. The van der Waals surface area contributed by atoms with Gasteiger partial charge in [0.05, 0.1) is 6.10 Å². The van der Waals surface area contributed by atoms with E-state index in [1.54, 1.807) is 19.3 Å². The summed E-state index contributed by atoms with van der Waals surface area (Å²) in [5.74, 6) is 0.807. The first kappa shape index (κ1) is 13.8. The van der Waals surface area contributed by atoms with Crippen molar-refractivity contribution in [2.24, 2.45) is 0 Å². The van der Waals surface area contributed by atoms with Gasteiger partial charge in [-0.05, 0) is 30.7 Å². The fourth-order valence-electron chi connectivity index (χ4n) is 2.58. The molecule has 0 unspecified atom stereocenters. The summed E-state index contributed by atoms with van der Waals surface area (Å²) < 4.78 is 0. The van der Waals surface area contributed by atoms with Crippen molar-refractivity contribution in [3.63, 3.8) is 0 Å². The number of hydrogen-bond donors (Lipinski definition) is 1. The topological polar surface area (TPSA) is 52.5 Å². The zero-order chi connectivity index (χ0) is 14.7. The highest BCUT2D eigenvalue weighted by molar-refractivity contribution is 5.49. The average molecular weight is 284 g/mol. The van der Waals surface area contributed by atoms with Crippen molar-refractivity contribution in [1.82, 2.24) is 9.97 Å². The summed E-state index contributed by atoms with van der Waals surface area (Å²) in [5.41, 5.74) is 2.16. The number of nitrogens with zero attached hydrogens (tertiary/aromatic N) is 4. The molecule has 1 aromatic heterocycles. The molecule has 1 N–H and O–H groups in total. The molecule has 21 heavy (non-hydrogen) atoms. The first-order valence-electron chi connectivity index (χ1n) is 7.29. The maximum atomic E-state index is 9.55. The van der Waals surface area contributed by atoms with Gasteiger partial charge in [-0.1, -0.05) is 12.1 Å². The Kier molecular flexibility index (Phi) is 4.01. The van der Waals surface area contributed by atoms with Crippen molar-refractivity contribution in [3.05, 3.63) is 48.3 Å². The van der Waals surface area contributed by atoms with Crippen LogP contribution in [0.5, 0.6) is 0 Å². The maximum absolute atomic E-state index is 9.55. The first-order valence-corrected chi connectivity index (χ1v) is 7.29. The van der Waals surface area contributed by atoms with E-state index >= 15 is 0 Å². The number of rotatable bonds is 3. The van der Waals surface area contributed by atoms with Gasteiger partial charge in [0.1, 0.15) is 0 Å². The van der Waals surface area contributed by atoms with Gasteiger partial charge in [-0.3, -0.25) is 0 Å². The predicted octanol–water partition coefficient (Wildman–Crippen LogP) is 1.86. The summed E-state index contributed by atoms with van der Waals surface area (Å²) in [7, 11) is 0. The standard InChI is InChI=1S/C16H20N4O/c1-13(21)14-3-5-15(6-4-14)19-9-11-20(12-10-19)16-17-7-2-8-18-16/h2-8,13,21H,9-12H2,1H3/t13-/m1/s1. The van der Waals surface area contributed by atoms with Crippen LogP contribution in [0.25, 0.3) is 0 Å². The van der Waals surface area contributed by atoms with Gasteiger partial charge in [0.2, 0.25) is 5.95 Å². The van der Waals surface area contributed by atoms with E-state index in [0.717, 1.165) is 37.7 Å². The van der Waals surface area contributed by atoms with Crippen LogP contribution < -0.4 is 9.80 Å². The van der Waals surface area contributed by atoms with Gasteiger partial charge in [-0.25, -0.2) is 9.97 Å². The largest absolute Gasteiger partial charge is 0.389 e.